The predicted octanol–water partition coefficient (Wildman–Crippen LogP) is 3.98. The van der Waals surface area contributed by atoms with Gasteiger partial charge < -0.3 is 9.64 Å². The molecule has 0 aromatic heterocycles. The van der Waals surface area contributed by atoms with Crippen LogP contribution in [0.2, 0.25) is 0 Å². The van der Waals surface area contributed by atoms with E-state index in [1.807, 2.05) is 50.8 Å². The lowest BCUT2D eigenvalue weighted by Gasteiger charge is -2.37. The number of anilines is 1. The number of imide groups is 1. The van der Waals surface area contributed by atoms with Crippen LogP contribution in [0.3, 0.4) is 0 Å². The van der Waals surface area contributed by atoms with E-state index in [0.717, 1.165) is 28.2 Å². The number of aryl methyl sites for hydroxylation is 2. The number of hydrogen-bond donors (Lipinski definition) is 0. The maximum Gasteiger partial charge on any atom is 0.282 e. The molecule has 2 aromatic rings. The Morgan fingerprint density at radius 2 is 1.55 bits per heavy atom. The highest BCUT2D eigenvalue weighted by Gasteiger charge is 2.44. The Hall–Kier alpha value is -3.06. The minimum Gasteiger partial charge on any atom is -0.372 e. The first-order valence-electron chi connectivity index (χ1n) is 10.2. The molecule has 0 N–H and O–H groups in total. The first-order valence-corrected chi connectivity index (χ1v) is 10.2. The molecule has 1 saturated heterocycles. The minimum atomic E-state index is -1.12. The van der Waals surface area contributed by atoms with Crippen LogP contribution in [-0.2, 0) is 14.3 Å². The SMILES string of the molecule is Cc1ccc(C2=C(N3CC(C)OC(C)C3)C(=O)N(c3ccc(F)c(F)c3)C2=O)cc1C. The standard InChI is InChI=1S/C24H24F2N2O3/c1-13-5-6-17(9-14(13)2)21-22(27-11-15(3)31-16(4)12-27)24(30)28(23(21)29)18-7-8-19(25)20(26)10-18/h5-10,15-16H,11-12H2,1-4H3. The number of morpholine rings is 1. The summed E-state index contributed by atoms with van der Waals surface area (Å²) in [6.45, 7) is 8.61. The molecule has 2 aliphatic heterocycles. The number of rotatable bonds is 3. The van der Waals surface area contributed by atoms with Gasteiger partial charge >= 0.3 is 0 Å². The lowest BCUT2D eigenvalue weighted by atomic mass is 9.99. The normalized spacial score (nSPS) is 22.0. The Bertz CT molecular complexity index is 1100. The van der Waals surface area contributed by atoms with E-state index in [2.05, 4.69) is 0 Å². The lowest BCUT2D eigenvalue weighted by Crippen LogP contribution is -2.47. The predicted molar refractivity (Wildman–Crippen MR) is 113 cm³/mol. The molecule has 0 spiro atoms. The van der Waals surface area contributed by atoms with E-state index in [-0.39, 0.29) is 29.2 Å². The number of hydrogen-bond acceptors (Lipinski definition) is 4. The largest absolute Gasteiger partial charge is 0.372 e. The summed E-state index contributed by atoms with van der Waals surface area (Å²) in [5, 5.41) is 0. The molecule has 0 saturated carbocycles. The van der Waals surface area contributed by atoms with Gasteiger partial charge in [-0.2, -0.15) is 0 Å². The van der Waals surface area contributed by atoms with Gasteiger partial charge in [0.05, 0.1) is 23.5 Å². The molecule has 4 rings (SSSR count). The molecule has 5 nitrogen and oxygen atoms in total. The van der Waals surface area contributed by atoms with Gasteiger partial charge in [-0.05, 0) is 56.5 Å². The smallest absolute Gasteiger partial charge is 0.282 e. The van der Waals surface area contributed by atoms with Crippen molar-refractivity contribution in [2.45, 2.75) is 39.9 Å². The molecule has 0 aliphatic carbocycles. The average molecular weight is 426 g/mol. The first kappa shape index (κ1) is 21.2. The molecular formula is C24H24F2N2O3. The van der Waals surface area contributed by atoms with E-state index in [0.29, 0.717) is 18.7 Å². The van der Waals surface area contributed by atoms with Crippen LogP contribution in [0, 0.1) is 25.5 Å². The van der Waals surface area contributed by atoms with Crippen LogP contribution in [0.5, 0.6) is 0 Å². The Labute approximate surface area is 179 Å². The van der Waals surface area contributed by atoms with E-state index in [9.17, 15) is 18.4 Å². The Kier molecular flexibility index (Phi) is 5.39. The van der Waals surface area contributed by atoms with Crippen molar-refractivity contribution in [2.24, 2.45) is 0 Å². The van der Waals surface area contributed by atoms with Crippen molar-refractivity contribution in [3.63, 3.8) is 0 Å². The third-order valence-electron chi connectivity index (χ3n) is 5.75. The van der Waals surface area contributed by atoms with Gasteiger partial charge in [-0.15, -0.1) is 0 Å². The fourth-order valence-electron chi connectivity index (χ4n) is 4.19. The van der Waals surface area contributed by atoms with Crippen LogP contribution in [-0.4, -0.2) is 42.0 Å². The van der Waals surface area contributed by atoms with Gasteiger partial charge in [-0.25, -0.2) is 13.7 Å². The summed E-state index contributed by atoms with van der Waals surface area (Å²) in [7, 11) is 0. The Morgan fingerprint density at radius 3 is 2.16 bits per heavy atom. The number of benzene rings is 2. The third-order valence-corrected chi connectivity index (χ3v) is 5.75. The Balaban J connectivity index is 1.86. The zero-order valence-electron chi connectivity index (χ0n) is 17.9. The van der Waals surface area contributed by atoms with Crippen molar-refractivity contribution in [2.75, 3.05) is 18.0 Å². The molecule has 162 valence electrons. The monoisotopic (exact) mass is 426 g/mol. The lowest BCUT2D eigenvalue weighted by molar-refractivity contribution is -0.121. The summed E-state index contributed by atoms with van der Waals surface area (Å²) in [5.74, 6) is -3.26. The van der Waals surface area contributed by atoms with Crippen molar-refractivity contribution in [1.29, 1.82) is 0 Å². The molecule has 2 amide bonds. The summed E-state index contributed by atoms with van der Waals surface area (Å²) in [6, 6.07) is 8.61. The fraction of sp³-hybridized carbons (Fsp3) is 0.333. The van der Waals surface area contributed by atoms with Crippen molar-refractivity contribution >= 4 is 23.1 Å². The van der Waals surface area contributed by atoms with Crippen LogP contribution in [0.4, 0.5) is 14.5 Å². The molecule has 1 fully saturated rings. The van der Waals surface area contributed by atoms with Gasteiger partial charge in [0, 0.05) is 19.2 Å². The molecule has 0 radical (unpaired) electrons. The van der Waals surface area contributed by atoms with E-state index in [1.165, 1.54) is 6.07 Å². The second kappa shape index (κ2) is 7.89. The van der Waals surface area contributed by atoms with E-state index < -0.39 is 23.4 Å². The molecule has 7 heteroatoms. The van der Waals surface area contributed by atoms with Gasteiger partial charge in [0.2, 0.25) is 0 Å². The molecule has 31 heavy (non-hydrogen) atoms. The van der Waals surface area contributed by atoms with Crippen molar-refractivity contribution in [3.8, 4) is 0 Å². The second-order valence-electron chi connectivity index (χ2n) is 8.23. The average Bonchev–Trinajstić information content (AvgIpc) is 2.96. The van der Waals surface area contributed by atoms with Crippen LogP contribution < -0.4 is 4.90 Å². The van der Waals surface area contributed by atoms with Crippen LogP contribution in [0.1, 0.15) is 30.5 Å². The molecule has 2 heterocycles. The zero-order chi connectivity index (χ0) is 22.4. The number of nitrogens with zero attached hydrogens (tertiary/aromatic N) is 2. The number of amides is 2. The molecule has 0 bridgehead atoms. The van der Waals surface area contributed by atoms with Gasteiger partial charge in [0.25, 0.3) is 11.8 Å². The van der Waals surface area contributed by atoms with Gasteiger partial charge in [0.15, 0.2) is 11.6 Å². The number of carbonyl (C=O) groups is 2. The molecule has 2 aromatic carbocycles. The maximum absolute atomic E-state index is 13.9. The zero-order valence-corrected chi connectivity index (χ0v) is 17.9. The van der Waals surface area contributed by atoms with Crippen molar-refractivity contribution in [1.82, 2.24) is 4.90 Å². The number of carbonyl (C=O) groups excluding carboxylic acids is 2. The Morgan fingerprint density at radius 1 is 0.871 bits per heavy atom. The van der Waals surface area contributed by atoms with Gasteiger partial charge in [-0.3, -0.25) is 9.59 Å². The van der Waals surface area contributed by atoms with Gasteiger partial charge in [-0.1, -0.05) is 18.2 Å². The van der Waals surface area contributed by atoms with Gasteiger partial charge in [0.1, 0.15) is 5.70 Å². The molecule has 2 aliphatic rings. The van der Waals surface area contributed by atoms with E-state index in [4.69, 9.17) is 4.74 Å². The van der Waals surface area contributed by atoms with Crippen molar-refractivity contribution in [3.05, 3.63) is 70.4 Å². The molecule has 2 unspecified atom stereocenters. The summed E-state index contributed by atoms with van der Waals surface area (Å²) in [5.41, 5.74) is 3.19. The van der Waals surface area contributed by atoms with Crippen LogP contribution in [0.15, 0.2) is 42.1 Å². The topological polar surface area (TPSA) is 49.9 Å². The quantitative estimate of drug-likeness (QED) is 0.697. The highest BCUT2D eigenvalue weighted by molar-refractivity contribution is 6.45. The first-order chi connectivity index (χ1) is 14.7. The van der Waals surface area contributed by atoms with E-state index >= 15 is 0 Å². The minimum absolute atomic E-state index is 0.000380. The number of ether oxygens (including phenoxy) is 1. The van der Waals surface area contributed by atoms with Crippen molar-refractivity contribution < 1.29 is 23.1 Å². The summed E-state index contributed by atoms with van der Waals surface area (Å²) in [4.78, 5) is 29.8. The summed E-state index contributed by atoms with van der Waals surface area (Å²) < 4.78 is 33.1. The highest BCUT2D eigenvalue weighted by Crippen LogP contribution is 2.36. The van der Waals surface area contributed by atoms with E-state index in [1.54, 1.807) is 0 Å². The molecule has 2 atom stereocenters. The maximum atomic E-state index is 13.9. The number of halogens is 2. The third kappa shape index (κ3) is 3.74. The van der Waals surface area contributed by atoms with Crippen LogP contribution >= 0.6 is 0 Å². The van der Waals surface area contributed by atoms with Crippen LogP contribution in [0.25, 0.3) is 5.57 Å². The molecular weight excluding hydrogens is 402 g/mol. The summed E-state index contributed by atoms with van der Waals surface area (Å²) in [6.07, 6.45) is -0.255. The fourth-order valence-corrected chi connectivity index (χ4v) is 4.19. The highest BCUT2D eigenvalue weighted by atomic mass is 19.2. The summed E-state index contributed by atoms with van der Waals surface area (Å²) >= 11 is 0. The second-order valence-corrected chi connectivity index (χ2v) is 8.23.